The van der Waals surface area contributed by atoms with E-state index >= 15 is 0 Å². The van der Waals surface area contributed by atoms with Gasteiger partial charge in [0, 0.05) is 37.1 Å². The van der Waals surface area contributed by atoms with Crippen LogP contribution in [0, 0.1) is 11.8 Å². The van der Waals surface area contributed by atoms with Crippen LogP contribution in [0.2, 0.25) is 0 Å². The van der Waals surface area contributed by atoms with Crippen molar-refractivity contribution in [2.75, 3.05) is 33.2 Å². The van der Waals surface area contributed by atoms with Crippen LogP contribution in [0.3, 0.4) is 0 Å². The molecule has 0 spiro atoms. The molecule has 2 rings (SSSR count). The predicted molar refractivity (Wildman–Crippen MR) is 82.2 cm³/mol. The molecule has 1 aromatic rings. The van der Waals surface area contributed by atoms with Gasteiger partial charge in [-0.3, -0.25) is 4.90 Å². The fourth-order valence-electron chi connectivity index (χ4n) is 2.48. The molecular weight excluding hydrogens is 254 g/mol. The molecule has 4 heteroatoms. The van der Waals surface area contributed by atoms with E-state index in [4.69, 9.17) is 5.73 Å². The lowest BCUT2D eigenvalue weighted by Crippen LogP contribution is -2.50. The number of likely N-dealkylation sites (N-methyl/N-ethyl adjacent to an activating group) is 1. The van der Waals surface area contributed by atoms with Gasteiger partial charge < -0.3 is 10.6 Å². The first-order chi connectivity index (χ1) is 9.22. The average molecular weight is 277 g/mol. The highest BCUT2D eigenvalue weighted by atomic mass is 32.1. The SMILES string of the molecule is CCC1CN(Cc2ccc(C#CCN)s2)CCN1C. The summed E-state index contributed by atoms with van der Waals surface area (Å²) in [5.41, 5.74) is 5.39. The lowest BCUT2D eigenvalue weighted by molar-refractivity contribution is 0.0891. The summed E-state index contributed by atoms with van der Waals surface area (Å²) < 4.78 is 0. The van der Waals surface area contributed by atoms with Gasteiger partial charge in [-0.2, -0.15) is 0 Å². The molecular formula is C15H23N3S. The Labute approximate surface area is 120 Å². The lowest BCUT2D eigenvalue weighted by atomic mass is 10.1. The number of thiophene rings is 1. The van der Waals surface area contributed by atoms with Gasteiger partial charge in [0.15, 0.2) is 0 Å². The third kappa shape index (κ3) is 4.05. The van der Waals surface area contributed by atoms with E-state index in [1.165, 1.54) is 24.4 Å². The molecule has 2 N–H and O–H groups in total. The Morgan fingerprint density at radius 3 is 3.00 bits per heavy atom. The smallest absolute Gasteiger partial charge is 0.0772 e. The summed E-state index contributed by atoms with van der Waals surface area (Å²) in [6, 6.07) is 5.01. The van der Waals surface area contributed by atoms with E-state index in [-0.39, 0.29) is 0 Å². The average Bonchev–Trinajstić information content (AvgIpc) is 2.86. The van der Waals surface area contributed by atoms with Crippen molar-refractivity contribution in [3.63, 3.8) is 0 Å². The molecule has 0 amide bonds. The van der Waals surface area contributed by atoms with Crippen molar-refractivity contribution < 1.29 is 0 Å². The minimum absolute atomic E-state index is 0.434. The number of nitrogens with two attached hydrogens (primary N) is 1. The molecule has 1 unspecified atom stereocenters. The molecule has 0 saturated carbocycles. The summed E-state index contributed by atoms with van der Waals surface area (Å²) in [6.45, 7) is 7.27. The third-order valence-electron chi connectivity index (χ3n) is 3.69. The van der Waals surface area contributed by atoms with Crippen LogP contribution in [0.15, 0.2) is 12.1 Å². The molecule has 3 nitrogen and oxygen atoms in total. The van der Waals surface area contributed by atoms with Gasteiger partial charge >= 0.3 is 0 Å². The number of hydrogen-bond donors (Lipinski definition) is 1. The minimum atomic E-state index is 0.434. The summed E-state index contributed by atoms with van der Waals surface area (Å²) in [7, 11) is 2.23. The first-order valence-electron chi connectivity index (χ1n) is 6.93. The highest BCUT2D eigenvalue weighted by molar-refractivity contribution is 7.12. The normalized spacial score (nSPS) is 21.1. The van der Waals surface area contributed by atoms with Gasteiger partial charge in [-0.1, -0.05) is 18.8 Å². The van der Waals surface area contributed by atoms with E-state index in [0.717, 1.165) is 18.0 Å². The molecule has 19 heavy (non-hydrogen) atoms. The molecule has 1 aliphatic rings. The summed E-state index contributed by atoms with van der Waals surface area (Å²) in [4.78, 5) is 7.56. The van der Waals surface area contributed by atoms with Gasteiger partial charge in [0.25, 0.3) is 0 Å². The van der Waals surface area contributed by atoms with Crippen LogP contribution in [-0.4, -0.2) is 49.1 Å². The molecule has 2 heterocycles. The molecule has 1 aliphatic heterocycles. The van der Waals surface area contributed by atoms with Crippen LogP contribution in [0.4, 0.5) is 0 Å². The first-order valence-corrected chi connectivity index (χ1v) is 7.74. The van der Waals surface area contributed by atoms with Gasteiger partial charge in [-0.05, 0) is 25.6 Å². The minimum Gasteiger partial charge on any atom is -0.320 e. The maximum Gasteiger partial charge on any atom is 0.0772 e. The van der Waals surface area contributed by atoms with Crippen molar-refractivity contribution in [2.45, 2.75) is 25.9 Å². The van der Waals surface area contributed by atoms with Crippen LogP contribution in [-0.2, 0) is 6.54 Å². The molecule has 0 radical (unpaired) electrons. The Bertz CT molecular complexity index is 457. The molecule has 104 valence electrons. The molecule has 1 aromatic heterocycles. The van der Waals surface area contributed by atoms with Crippen LogP contribution >= 0.6 is 11.3 Å². The lowest BCUT2D eigenvalue weighted by Gasteiger charge is -2.38. The zero-order chi connectivity index (χ0) is 13.7. The van der Waals surface area contributed by atoms with Crippen molar-refractivity contribution in [1.82, 2.24) is 9.80 Å². The van der Waals surface area contributed by atoms with Crippen molar-refractivity contribution >= 4 is 11.3 Å². The van der Waals surface area contributed by atoms with Crippen LogP contribution in [0.1, 0.15) is 23.1 Å². The molecule has 1 fully saturated rings. The number of nitrogens with zero attached hydrogens (tertiary/aromatic N) is 2. The van der Waals surface area contributed by atoms with E-state index in [1.807, 2.05) is 0 Å². The van der Waals surface area contributed by atoms with E-state index in [9.17, 15) is 0 Å². The Morgan fingerprint density at radius 1 is 1.42 bits per heavy atom. The van der Waals surface area contributed by atoms with E-state index < -0.39 is 0 Å². The second-order valence-electron chi connectivity index (χ2n) is 5.05. The molecule has 0 bridgehead atoms. The summed E-state index contributed by atoms with van der Waals surface area (Å²) in [5, 5.41) is 0. The largest absolute Gasteiger partial charge is 0.320 e. The van der Waals surface area contributed by atoms with Gasteiger partial charge in [-0.25, -0.2) is 0 Å². The van der Waals surface area contributed by atoms with Gasteiger partial charge in [0.1, 0.15) is 0 Å². The summed E-state index contributed by atoms with van der Waals surface area (Å²) in [6.07, 6.45) is 1.23. The highest BCUT2D eigenvalue weighted by Crippen LogP contribution is 2.19. The van der Waals surface area contributed by atoms with Crippen LogP contribution < -0.4 is 5.73 Å². The predicted octanol–water partition coefficient (Wildman–Crippen LogP) is 1.58. The monoisotopic (exact) mass is 277 g/mol. The zero-order valence-electron chi connectivity index (χ0n) is 11.9. The van der Waals surface area contributed by atoms with E-state index in [1.54, 1.807) is 11.3 Å². The number of piperazine rings is 1. The van der Waals surface area contributed by atoms with Gasteiger partial charge in [0.2, 0.25) is 0 Å². The maximum absolute atomic E-state index is 5.39. The molecule has 1 atom stereocenters. The Morgan fingerprint density at radius 2 is 2.26 bits per heavy atom. The second-order valence-corrected chi connectivity index (χ2v) is 6.22. The van der Waals surface area contributed by atoms with Crippen molar-refractivity contribution in [3.05, 3.63) is 21.9 Å². The Kier molecular flexibility index (Phi) is 5.41. The van der Waals surface area contributed by atoms with Crippen LogP contribution in [0.25, 0.3) is 0 Å². The maximum atomic E-state index is 5.39. The second kappa shape index (κ2) is 7.06. The topological polar surface area (TPSA) is 32.5 Å². The Balaban J connectivity index is 1.92. The molecule has 1 saturated heterocycles. The number of rotatable bonds is 3. The number of hydrogen-bond acceptors (Lipinski definition) is 4. The first kappa shape index (κ1) is 14.5. The fraction of sp³-hybridized carbons (Fsp3) is 0.600. The van der Waals surface area contributed by atoms with E-state index in [2.05, 4.69) is 47.7 Å². The van der Waals surface area contributed by atoms with Crippen molar-refractivity contribution in [1.29, 1.82) is 0 Å². The zero-order valence-corrected chi connectivity index (χ0v) is 12.7. The molecule has 0 aliphatic carbocycles. The standard InChI is InChI=1S/C15H23N3S/c1-3-13-11-18(10-9-17(13)2)12-15-7-6-14(19-15)5-4-8-16/h6-7,13H,3,8-12,16H2,1-2H3. The quantitative estimate of drug-likeness (QED) is 0.852. The van der Waals surface area contributed by atoms with E-state index in [0.29, 0.717) is 12.6 Å². The van der Waals surface area contributed by atoms with Gasteiger partial charge in [-0.15, -0.1) is 11.3 Å². The Hall–Kier alpha value is -0.860. The van der Waals surface area contributed by atoms with Gasteiger partial charge in [0.05, 0.1) is 11.4 Å². The van der Waals surface area contributed by atoms with Crippen LogP contribution in [0.5, 0.6) is 0 Å². The third-order valence-corrected chi connectivity index (χ3v) is 4.67. The summed E-state index contributed by atoms with van der Waals surface area (Å²) in [5.74, 6) is 6.02. The molecule has 0 aromatic carbocycles. The fourth-order valence-corrected chi connectivity index (χ4v) is 3.41. The summed E-state index contributed by atoms with van der Waals surface area (Å²) >= 11 is 1.79. The highest BCUT2D eigenvalue weighted by Gasteiger charge is 2.22. The van der Waals surface area contributed by atoms with Crippen molar-refractivity contribution in [3.8, 4) is 11.8 Å². The van der Waals surface area contributed by atoms with Crippen molar-refractivity contribution in [2.24, 2.45) is 5.73 Å².